The molecule has 1 radical (unpaired) electrons. The van der Waals surface area contributed by atoms with Crippen LogP contribution in [0.4, 0.5) is 0 Å². The summed E-state index contributed by atoms with van der Waals surface area (Å²) in [6.45, 7) is 2.05. The second kappa shape index (κ2) is 2.61. The van der Waals surface area contributed by atoms with Gasteiger partial charge in [-0.15, -0.1) is 0 Å². The summed E-state index contributed by atoms with van der Waals surface area (Å²) in [7, 11) is 0. The molecule has 0 atom stereocenters. The molecule has 0 aliphatic rings. The minimum Gasteiger partial charge on any atom is -0.456 e. The van der Waals surface area contributed by atoms with E-state index >= 15 is 0 Å². The van der Waals surface area contributed by atoms with Gasteiger partial charge in [-0.2, -0.15) is 0 Å². The first kappa shape index (κ1) is 7.63. The Kier molecular flexibility index (Phi) is 1.42. The van der Waals surface area contributed by atoms with E-state index in [9.17, 15) is 0 Å². The summed E-state index contributed by atoms with van der Waals surface area (Å²) in [5, 5.41) is 2.23. The van der Waals surface area contributed by atoms with Crippen LogP contribution in [0.25, 0.3) is 21.9 Å². The minimum absolute atomic E-state index is 0.938. The molecule has 67 valence electrons. The van der Waals surface area contributed by atoms with Crippen LogP contribution in [0.1, 0.15) is 5.56 Å². The van der Waals surface area contributed by atoms with Crippen molar-refractivity contribution in [2.45, 2.75) is 6.92 Å². The van der Waals surface area contributed by atoms with Crippen molar-refractivity contribution in [2.24, 2.45) is 0 Å². The predicted octanol–water partition coefficient (Wildman–Crippen LogP) is 3.69. The molecule has 1 nitrogen and oxygen atoms in total. The van der Waals surface area contributed by atoms with Crippen molar-refractivity contribution in [3.63, 3.8) is 0 Å². The van der Waals surface area contributed by atoms with E-state index in [0.717, 1.165) is 27.5 Å². The summed E-state index contributed by atoms with van der Waals surface area (Å²) >= 11 is 0. The number of hydrogen-bond donors (Lipinski definition) is 0. The summed E-state index contributed by atoms with van der Waals surface area (Å²) in [5.74, 6) is 0. The topological polar surface area (TPSA) is 13.1 Å². The molecule has 14 heavy (non-hydrogen) atoms. The van der Waals surface area contributed by atoms with Crippen LogP contribution in [0, 0.1) is 13.0 Å². The van der Waals surface area contributed by atoms with E-state index in [4.69, 9.17) is 4.42 Å². The molecule has 0 aliphatic carbocycles. The molecular formula is C13H9O. The Morgan fingerprint density at radius 1 is 1.14 bits per heavy atom. The fourth-order valence-electron chi connectivity index (χ4n) is 1.79. The normalized spacial score (nSPS) is 11.2. The first-order valence-electron chi connectivity index (χ1n) is 4.65. The van der Waals surface area contributed by atoms with Crippen molar-refractivity contribution in [1.29, 1.82) is 0 Å². The maximum absolute atomic E-state index is 5.75. The van der Waals surface area contributed by atoms with E-state index in [0.29, 0.717) is 0 Å². The standard InChI is InChI=1S/C13H9O/c1-9-5-4-7-11-10-6-2-3-8-12(10)14-13(9)11/h2-6,8H,1H3. The molecule has 1 heteroatoms. The highest BCUT2D eigenvalue weighted by Crippen LogP contribution is 2.29. The van der Waals surface area contributed by atoms with Gasteiger partial charge in [0.05, 0.1) is 0 Å². The zero-order valence-corrected chi connectivity index (χ0v) is 7.87. The molecule has 0 spiro atoms. The van der Waals surface area contributed by atoms with Gasteiger partial charge in [-0.05, 0) is 24.6 Å². The first-order valence-corrected chi connectivity index (χ1v) is 4.65. The van der Waals surface area contributed by atoms with Crippen LogP contribution < -0.4 is 0 Å². The van der Waals surface area contributed by atoms with Crippen molar-refractivity contribution < 1.29 is 4.42 Å². The molecular weight excluding hydrogens is 172 g/mol. The van der Waals surface area contributed by atoms with E-state index in [1.807, 2.05) is 30.3 Å². The fourth-order valence-corrected chi connectivity index (χ4v) is 1.79. The van der Waals surface area contributed by atoms with Crippen LogP contribution in [0.2, 0.25) is 0 Å². The molecule has 0 unspecified atom stereocenters. The number of hydrogen-bond acceptors (Lipinski definition) is 1. The third-order valence-corrected chi connectivity index (χ3v) is 2.51. The van der Waals surface area contributed by atoms with Crippen molar-refractivity contribution in [3.05, 3.63) is 48.0 Å². The van der Waals surface area contributed by atoms with E-state index in [1.54, 1.807) is 0 Å². The second-order valence-electron chi connectivity index (χ2n) is 3.46. The summed E-state index contributed by atoms with van der Waals surface area (Å²) in [6.07, 6.45) is 0. The Balaban J connectivity index is 2.63. The van der Waals surface area contributed by atoms with Crippen molar-refractivity contribution >= 4 is 21.9 Å². The zero-order valence-electron chi connectivity index (χ0n) is 7.87. The van der Waals surface area contributed by atoms with Crippen LogP contribution in [-0.4, -0.2) is 0 Å². The number of rotatable bonds is 0. The number of para-hydroxylation sites is 1. The lowest BCUT2D eigenvalue weighted by Gasteiger charge is -1.90. The molecule has 0 saturated heterocycles. The average molecular weight is 181 g/mol. The van der Waals surface area contributed by atoms with Gasteiger partial charge in [-0.1, -0.05) is 30.3 Å². The third-order valence-electron chi connectivity index (χ3n) is 2.51. The predicted molar refractivity (Wildman–Crippen MR) is 57.3 cm³/mol. The molecule has 1 heterocycles. The molecule has 0 N–H and O–H groups in total. The van der Waals surface area contributed by atoms with E-state index < -0.39 is 0 Å². The van der Waals surface area contributed by atoms with Gasteiger partial charge < -0.3 is 4.42 Å². The average Bonchev–Trinajstić information content (AvgIpc) is 2.59. The Labute approximate surface area is 82.0 Å². The van der Waals surface area contributed by atoms with Crippen molar-refractivity contribution in [1.82, 2.24) is 0 Å². The smallest absolute Gasteiger partial charge is 0.138 e. The molecule has 0 saturated carbocycles. The minimum atomic E-state index is 0.938. The van der Waals surface area contributed by atoms with E-state index in [2.05, 4.69) is 19.1 Å². The zero-order chi connectivity index (χ0) is 9.54. The van der Waals surface area contributed by atoms with E-state index in [1.165, 1.54) is 0 Å². The van der Waals surface area contributed by atoms with Crippen molar-refractivity contribution in [2.75, 3.05) is 0 Å². The third kappa shape index (κ3) is 0.896. The highest BCUT2D eigenvalue weighted by Gasteiger charge is 2.06. The summed E-state index contributed by atoms with van der Waals surface area (Å²) < 4.78 is 5.75. The second-order valence-corrected chi connectivity index (χ2v) is 3.46. The Morgan fingerprint density at radius 2 is 2.00 bits per heavy atom. The molecule has 3 aromatic rings. The number of aryl methyl sites for hydroxylation is 1. The quantitative estimate of drug-likeness (QED) is 0.515. The molecule has 3 rings (SSSR count). The van der Waals surface area contributed by atoms with Gasteiger partial charge in [0.1, 0.15) is 11.2 Å². The Hall–Kier alpha value is -1.76. The number of benzene rings is 2. The van der Waals surface area contributed by atoms with Gasteiger partial charge in [0.15, 0.2) is 0 Å². The molecule has 1 aromatic heterocycles. The highest BCUT2D eigenvalue weighted by atomic mass is 16.3. The van der Waals surface area contributed by atoms with Crippen LogP contribution in [0.15, 0.2) is 40.8 Å². The lowest BCUT2D eigenvalue weighted by Crippen LogP contribution is -1.71. The maximum Gasteiger partial charge on any atom is 0.138 e. The van der Waals surface area contributed by atoms with Crippen LogP contribution in [-0.2, 0) is 0 Å². The summed E-state index contributed by atoms with van der Waals surface area (Å²) in [6, 6.07) is 15.2. The monoisotopic (exact) mass is 181 g/mol. The Bertz CT molecular complexity index is 605. The van der Waals surface area contributed by atoms with E-state index in [-0.39, 0.29) is 0 Å². The van der Waals surface area contributed by atoms with Gasteiger partial charge in [0, 0.05) is 10.8 Å². The SMILES string of the molecule is Cc1cc[c]c2c1oc1ccccc12. The van der Waals surface area contributed by atoms with Gasteiger partial charge in [0.25, 0.3) is 0 Å². The van der Waals surface area contributed by atoms with Crippen molar-refractivity contribution in [3.8, 4) is 0 Å². The Morgan fingerprint density at radius 3 is 2.93 bits per heavy atom. The maximum atomic E-state index is 5.75. The first-order chi connectivity index (χ1) is 6.86. The largest absolute Gasteiger partial charge is 0.456 e. The number of fused-ring (bicyclic) bond motifs is 3. The number of furan rings is 1. The lowest BCUT2D eigenvalue weighted by molar-refractivity contribution is 0.666. The molecule has 0 bridgehead atoms. The molecule has 0 fully saturated rings. The summed E-state index contributed by atoms with van der Waals surface area (Å²) in [4.78, 5) is 0. The van der Waals surface area contributed by atoms with Gasteiger partial charge in [0.2, 0.25) is 0 Å². The van der Waals surface area contributed by atoms with Gasteiger partial charge >= 0.3 is 0 Å². The van der Waals surface area contributed by atoms with Crippen LogP contribution >= 0.6 is 0 Å². The molecule has 2 aromatic carbocycles. The highest BCUT2D eigenvalue weighted by molar-refractivity contribution is 6.05. The fraction of sp³-hybridized carbons (Fsp3) is 0.0769. The summed E-state index contributed by atoms with van der Waals surface area (Å²) in [5.41, 5.74) is 3.05. The molecule has 0 aliphatic heterocycles. The van der Waals surface area contributed by atoms with Crippen LogP contribution in [0.3, 0.4) is 0 Å². The van der Waals surface area contributed by atoms with Crippen LogP contribution in [0.5, 0.6) is 0 Å². The van der Waals surface area contributed by atoms with Gasteiger partial charge in [-0.3, -0.25) is 0 Å². The van der Waals surface area contributed by atoms with Gasteiger partial charge in [-0.25, -0.2) is 0 Å². The molecule has 0 amide bonds. The lowest BCUT2D eigenvalue weighted by atomic mass is 10.1.